The lowest BCUT2D eigenvalue weighted by atomic mass is 9.96. The molecule has 0 radical (unpaired) electrons. The predicted octanol–water partition coefficient (Wildman–Crippen LogP) is -7.85. The molecule has 0 spiro atoms. The van der Waals surface area contributed by atoms with Gasteiger partial charge in [0, 0.05) is 0 Å². The summed E-state index contributed by atoms with van der Waals surface area (Å²) in [4.78, 5) is 30.5. The minimum absolute atomic E-state index is 0. The summed E-state index contributed by atoms with van der Waals surface area (Å²) in [5, 5.41) is 33.8. The Hall–Kier alpha value is -1.95. The Morgan fingerprint density at radius 1 is 0.619 bits per heavy atom. The van der Waals surface area contributed by atoms with Crippen molar-refractivity contribution in [2.24, 2.45) is 0 Å². The lowest BCUT2D eigenvalue weighted by molar-refractivity contribution is -0.170. The van der Waals surface area contributed by atoms with Crippen molar-refractivity contribution in [2.75, 3.05) is 0 Å². The fourth-order valence-electron chi connectivity index (χ4n) is 0.714. The molecule has 0 aromatic carbocycles. The second-order valence-electron chi connectivity index (χ2n) is 2.48. The minimum Gasteiger partial charge on any atom is -0.481 e. The van der Waals surface area contributed by atoms with Crippen LogP contribution < -0.4 is 0 Å². The zero-order valence-electron chi connectivity index (χ0n) is 10.4. The number of rotatable bonds is 5. The molecule has 0 aliphatic rings. The molecule has 0 atom stereocenters. The van der Waals surface area contributed by atoms with Crippen LogP contribution in [0.5, 0.6) is 0 Å². The Morgan fingerprint density at radius 2 is 0.810 bits per heavy atom. The molecular formula is C6H24O15. The third-order valence-electron chi connectivity index (χ3n) is 1.29. The van der Waals surface area contributed by atoms with Crippen LogP contribution in [0.25, 0.3) is 0 Å². The van der Waals surface area contributed by atoms with Gasteiger partial charge in [0.25, 0.3) is 0 Å². The number of aliphatic hydroxyl groups is 1. The maximum Gasteiger partial charge on any atom is 0.336 e. The van der Waals surface area contributed by atoms with Crippen molar-refractivity contribution in [2.45, 2.75) is 18.4 Å². The number of carbonyl (C=O) groups is 3. The van der Waals surface area contributed by atoms with Gasteiger partial charge in [-0.3, -0.25) is 9.59 Å². The van der Waals surface area contributed by atoms with E-state index in [-0.39, 0.29) is 43.8 Å². The van der Waals surface area contributed by atoms with Gasteiger partial charge in [0.1, 0.15) is 0 Å². The summed E-state index contributed by atoms with van der Waals surface area (Å²) in [6.45, 7) is 0. The smallest absolute Gasteiger partial charge is 0.336 e. The highest BCUT2D eigenvalue weighted by Gasteiger charge is 2.40. The van der Waals surface area contributed by atoms with E-state index in [9.17, 15) is 14.4 Å². The molecule has 0 fully saturated rings. The fourth-order valence-corrected chi connectivity index (χ4v) is 0.714. The zero-order chi connectivity index (χ0) is 10.6. The van der Waals surface area contributed by atoms with Crippen molar-refractivity contribution < 1.29 is 78.6 Å². The lowest BCUT2D eigenvalue weighted by Gasteiger charge is -2.18. The van der Waals surface area contributed by atoms with Crippen LogP contribution in [0.3, 0.4) is 0 Å². The van der Waals surface area contributed by atoms with Crippen molar-refractivity contribution >= 4 is 17.9 Å². The molecule has 0 aliphatic carbocycles. The van der Waals surface area contributed by atoms with Gasteiger partial charge in [0.05, 0.1) is 12.8 Å². The molecule has 15 heteroatoms. The summed E-state index contributed by atoms with van der Waals surface area (Å²) >= 11 is 0. The molecular weight excluding hydrogens is 312 g/mol. The minimum atomic E-state index is -2.74. The van der Waals surface area contributed by atoms with E-state index in [1.165, 1.54) is 0 Å². The Bertz CT molecular complexity index is 233. The third kappa shape index (κ3) is 23.6. The molecule has 0 aromatic rings. The molecule has 138 valence electrons. The predicted molar refractivity (Wildman–Crippen MR) is 66.0 cm³/mol. The van der Waals surface area contributed by atoms with Crippen LogP contribution in [0.4, 0.5) is 0 Å². The van der Waals surface area contributed by atoms with Gasteiger partial charge in [-0.15, -0.1) is 0 Å². The van der Waals surface area contributed by atoms with Gasteiger partial charge in [-0.2, -0.15) is 0 Å². The molecule has 15 nitrogen and oxygen atoms in total. The molecule has 0 amide bonds. The number of carboxylic acid groups (broad SMARTS) is 3. The topological polar surface area (TPSA) is 384 Å². The highest BCUT2D eigenvalue weighted by Crippen LogP contribution is 2.15. The number of hydrogen-bond acceptors (Lipinski definition) is 4. The standard InChI is InChI=1S/C6H8O7.8H2O/c7-3(8)1-6(13,5(11)12)2-4(9)10;;;;;;;;/h13H,1-2H2,(H,7,8)(H,9,10)(H,11,12);8*1H2. The fraction of sp³-hybridized carbons (Fsp3) is 0.500. The summed E-state index contributed by atoms with van der Waals surface area (Å²) < 4.78 is 0. The van der Waals surface area contributed by atoms with Gasteiger partial charge in [-0.1, -0.05) is 0 Å². The Kier molecular flexibility index (Phi) is 67.8. The first-order valence-electron chi connectivity index (χ1n) is 3.17. The molecule has 0 heterocycles. The van der Waals surface area contributed by atoms with Gasteiger partial charge >= 0.3 is 17.9 Å². The Morgan fingerprint density at radius 3 is 0.905 bits per heavy atom. The van der Waals surface area contributed by atoms with Gasteiger partial charge in [0.15, 0.2) is 5.60 Å². The lowest BCUT2D eigenvalue weighted by Crippen LogP contribution is -2.42. The highest BCUT2D eigenvalue weighted by molar-refractivity contribution is 5.88. The number of hydrogen-bond donors (Lipinski definition) is 4. The quantitative estimate of drug-likeness (QED) is 0.374. The summed E-state index contributed by atoms with van der Waals surface area (Å²) in [5.41, 5.74) is -2.74. The second-order valence-corrected chi connectivity index (χ2v) is 2.48. The average Bonchev–Trinajstić information content (AvgIpc) is 1.82. The maximum absolute atomic E-state index is 10.3. The van der Waals surface area contributed by atoms with E-state index in [4.69, 9.17) is 20.4 Å². The number of aliphatic carboxylic acids is 3. The van der Waals surface area contributed by atoms with E-state index in [1.807, 2.05) is 0 Å². The third-order valence-corrected chi connectivity index (χ3v) is 1.29. The monoisotopic (exact) mass is 336 g/mol. The van der Waals surface area contributed by atoms with Gasteiger partial charge in [0.2, 0.25) is 0 Å². The molecule has 21 heavy (non-hydrogen) atoms. The Balaban J connectivity index is -0.0000000257. The Labute approximate surface area is 116 Å². The molecule has 0 rings (SSSR count). The van der Waals surface area contributed by atoms with Crippen molar-refractivity contribution in [3.05, 3.63) is 0 Å². The van der Waals surface area contributed by atoms with Gasteiger partial charge in [-0.25, -0.2) is 4.79 Å². The maximum atomic E-state index is 10.3. The molecule has 0 saturated carbocycles. The van der Waals surface area contributed by atoms with Crippen LogP contribution in [0.1, 0.15) is 12.8 Å². The summed E-state index contributed by atoms with van der Waals surface area (Å²) in [5.74, 6) is -5.02. The van der Waals surface area contributed by atoms with E-state index in [0.29, 0.717) is 0 Å². The van der Waals surface area contributed by atoms with Crippen molar-refractivity contribution in [3.8, 4) is 0 Å². The molecule has 0 saturated heterocycles. The van der Waals surface area contributed by atoms with Crippen LogP contribution >= 0.6 is 0 Å². The first-order valence-corrected chi connectivity index (χ1v) is 3.17. The van der Waals surface area contributed by atoms with Gasteiger partial charge < -0.3 is 64.2 Å². The van der Waals surface area contributed by atoms with Crippen LogP contribution in [-0.4, -0.2) is 87.7 Å². The largest absolute Gasteiger partial charge is 0.481 e. The highest BCUT2D eigenvalue weighted by atomic mass is 16.4. The van der Waals surface area contributed by atoms with Crippen LogP contribution in [0.2, 0.25) is 0 Å². The van der Waals surface area contributed by atoms with Crippen LogP contribution in [0.15, 0.2) is 0 Å². The summed E-state index contributed by atoms with van der Waals surface area (Å²) in [6, 6.07) is 0. The van der Waals surface area contributed by atoms with Gasteiger partial charge in [-0.05, 0) is 0 Å². The molecule has 0 aliphatic heterocycles. The summed E-state index contributed by atoms with van der Waals surface area (Å²) in [6.07, 6.45) is -2.29. The molecule has 0 unspecified atom stereocenters. The van der Waals surface area contributed by atoms with Crippen molar-refractivity contribution in [1.82, 2.24) is 0 Å². The normalized spacial score (nSPS) is 6.71. The van der Waals surface area contributed by atoms with Crippen molar-refractivity contribution in [3.63, 3.8) is 0 Å². The van der Waals surface area contributed by atoms with Crippen LogP contribution in [-0.2, 0) is 14.4 Å². The van der Waals surface area contributed by atoms with Crippen LogP contribution in [0, 0.1) is 0 Å². The SMILES string of the molecule is O.O.O.O.O.O.O.O.O=C(O)CC(O)(CC(=O)O)C(=O)O. The number of carboxylic acids is 3. The van der Waals surface area contributed by atoms with E-state index in [2.05, 4.69) is 0 Å². The van der Waals surface area contributed by atoms with E-state index in [1.54, 1.807) is 0 Å². The van der Waals surface area contributed by atoms with E-state index >= 15 is 0 Å². The molecule has 0 bridgehead atoms. The first kappa shape index (κ1) is 61.4. The summed E-state index contributed by atoms with van der Waals surface area (Å²) in [7, 11) is 0. The second kappa shape index (κ2) is 23.2. The van der Waals surface area contributed by atoms with Crippen molar-refractivity contribution in [1.29, 1.82) is 0 Å². The average molecular weight is 336 g/mol. The molecule has 20 N–H and O–H groups in total. The van der Waals surface area contributed by atoms with E-state index < -0.39 is 36.4 Å². The molecule has 0 aromatic heterocycles. The zero-order valence-corrected chi connectivity index (χ0v) is 10.4. The van der Waals surface area contributed by atoms with E-state index in [0.717, 1.165) is 0 Å². The first-order chi connectivity index (χ1) is 5.78.